The summed E-state index contributed by atoms with van der Waals surface area (Å²) in [5.41, 5.74) is 0.700. The molecular formula is C15H22Cl2N2O2. The lowest BCUT2D eigenvalue weighted by Gasteiger charge is -2.35. The van der Waals surface area contributed by atoms with E-state index in [4.69, 9.17) is 27.9 Å². The average Bonchev–Trinajstić information content (AvgIpc) is 2.49. The van der Waals surface area contributed by atoms with E-state index in [-0.39, 0.29) is 0 Å². The van der Waals surface area contributed by atoms with Crippen LogP contribution in [-0.2, 0) is 4.74 Å². The van der Waals surface area contributed by atoms with E-state index in [0.717, 1.165) is 39.3 Å². The van der Waals surface area contributed by atoms with Crippen molar-refractivity contribution in [3.8, 4) is 0 Å². The van der Waals surface area contributed by atoms with Gasteiger partial charge in [-0.3, -0.25) is 9.80 Å². The first kappa shape index (κ1) is 17.0. The second kappa shape index (κ2) is 8.32. The van der Waals surface area contributed by atoms with Crippen molar-refractivity contribution < 1.29 is 9.84 Å². The number of nitrogens with zero attached hydrogens (tertiary/aromatic N) is 2. The lowest BCUT2D eigenvalue weighted by Crippen LogP contribution is -2.48. The van der Waals surface area contributed by atoms with Gasteiger partial charge in [0.05, 0.1) is 12.7 Å². The molecule has 1 aliphatic heterocycles. The molecule has 0 radical (unpaired) electrons. The summed E-state index contributed by atoms with van der Waals surface area (Å²) in [6.45, 7) is 6.20. The van der Waals surface area contributed by atoms with E-state index >= 15 is 0 Å². The maximum Gasteiger partial charge on any atom is 0.0931 e. The maximum absolute atomic E-state index is 10.4. The average molecular weight is 333 g/mol. The minimum Gasteiger partial charge on any atom is -0.387 e. The van der Waals surface area contributed by atoms with Gasteiger partial charge in [0.25, 0.3) is 0 Å². The molecule has 0 saturated carbocycles. The van der Waals surface area contributed by atoms with Crippen molar-refractivity contribution in [1.82, 2.24) is 9.80 Å². The number of benzene rings is 1. The zero-order valence-electron chi connectivity index (χ0n) is 12.3. The summed E-state index contributed by atoms with van der Waals surface area (Å²) in [5.74, 6) is 0. The highest BCUT2D eigenvalue weighted by Gasteiger charge is 2.21. The molecule has 0 unspecified atom stereocenters. The highest BCUT2D eigenvalue weighted by atomic mass is 35.5. The number of halogens is 2. The minimum atomic E-state index is -0.610. The van der Waals surface area contributed by atoms with Crippen molar-refractivity contribution in [2.45, 2.75) is 6.10 Å². The van der Waals surface area contributed by atoms with Gasteiger partial charge in [0.15, 0.2) is 0 Å². The number of hydrogen-bond donors (Lipinski definition) is 1. The van der Waals surface area contributed by atoms with Gasteiger partial charge in [0.1, 0.15) is 0 Å². The van der Waals surface area contributed by atoms with Crippen LogP contribution in [0, 0.1) is 0 Å². The highest BCUT2D eigenvalue weighted by molar-refractivity contribution is 6.33. The third kappa shape index (κ3) is 5.09. The monoisotopic (exact) mass is 332 g/mol. The first-order valence-electron chi connectivity index (χ1n) is 7.17. The van der Waals surface area contributed by atoms with Crippen molar-refractivity contribution in [1.29, 1.82) is 0 Å². The molecule has 1 fully saturated rings. The molecule has 4 nitrogen and oxygen atoms in total. The van der Waals surface area contributed by atoms with Crippen LogP contribution in [0.15, 0.2) is 18.2 Å². The van der Waals surface area contributed by atoms with Crippen molar-refractivity contribution in [3.05, 3.63) is 33.8 Å². The molecule has 118 valence electrons. The normalized spacial score (nSPS) is 18.9. The number of β-amino-alcohol motifs (C(OH)–C–C–N with tert-alkyl or cyclic N) is 1. The number of aliphatic hydroxyl groups excluding tert-OH is 1. The predicted molar refractivity (Wildman–Crippen MR) is 86.2 cm³/mol. The summed E-state index contributed by atoms with van der Waals surface area (Å²) < 4.78 is 5.10. The second-order valence-corrected chi connectivity index (χ2v) is 6.16. The quantitative estimate of drug-likeness (QED) is 0.867. The first-order valence-corrected chi connectivity index (χ1v) is 7.92. The van der Waals surface area contributed by atoms with Crippen LogP contribution in [0.2, 0.25) is 10.0 Å². The fraction of sp³-hybridized carbons (Fsp3) is 0.600. The van der Waals surface area contributed by atoms with Crippen molar-refractivity contribution in [3.63, 3.8) is 0 Å². The highest BCUT2D eigenvalue weighted by Crippen LogP contribution is 2.27. The molecule has 1 aromatic rings. The minimum absolute atomic E-state index is 0.561. The zero-order valence-corrected chi connectivity index (χ0v) is 13.8. The summed E-state index contributed by atoms with van der Waals surface area (Å²) in [4.78, 5) is 4.63. The molecular weight excluding hydrogens is 311 g/mol. The third-order valence-corrected chi connectivity index (χ3v) is 4.40. The molecule has 21 heavy (non-hydrogen) atoms. The number of hydrogen-bond acceptors (Lipinski definition) is 4. The van der Waals surface area contributed by atoms with Crippen LogP contribution in [-0.4, -0.2) is 67.9 Å². The Morgan fingerprint density at radius 1 is 1.19 bits per heavy atom. The summed E-state index contributed by atoms with van der Waals surface area (Å²) >= 11 is 12.1. The van der Waals surface area contributed by atoms with Gasteiger partial charge in [0, 0.05) is 62.0 Å². The fourth-order valence-electron chi connectivity index (χ4n) is 2.53. The molecule has 2 rings (SSSR count). The van der Waals surface area contributed by atoms with E-state index in [9.17, 15) is 5.11 Å². The van der Waals surface area contributed by atoms with E-state index in [1.54, 1.807) is 25.3 Å². The van der Waals surface area contributed by atoms with Crippen LogP contribution in [0.5, 0.6) is 0 Å². The zero-order chi connectivity index (χ0) is 15.2. The van der Waals surface area contributed by atoms with E-state index in [2.05, 4.69) is 9.80 Å². The van der Waals surface area contributed by atoms with Gasteiger partial charge in [-0.15, -0.1) is 0 Å². The van der Waals surface area contributed by atoms with Gasteiger partial charge in [-0.25, -0.2) is 0 Å². The van der Waals surface area contributed by atoms with Crippen LogP contribution in [0.1, 0.15) is 11.7 Å². The number of rotatable bonds is 6. The van der Waals surface area contributed by atoms with Crippen LogP contribution in [0.4, 0.5) is 0 Å². The SMILES string of the molecule is COCCN1CCN(C[C@@H](O)c2cc(Cl)ccc2Cl)CC1. The van der Waals surface area contributed by atoms with Crippen molar-refractivity contribution in [2.24, 2.45) is 0 Å². The van der Waals surface area contributed by atoms with Crippen LogP contribution in [0.25, 0.3) is 0 Å². The molecule has 1 heterocycles. The Labute approximate surface area is 136 Å². The van der Waals surface area contributed by atoms with E-state index in [1.165, 1.54) is 0 Å². The Hall–Kier alpha value is -0.360. The Balaban J connectivity index is 1.84. The van der Waals surface area contributed by atoms with Crippen molar-refractivity contribution >= 4 is 23.2 Å². The number of aliphatic hydroxyl groups is 1. The molecule has 0 spiro atoms. The van der Waals surface area contributed by atoms with Gasteiger partial charge in [-0.05, 0) is 18.2 Å². The lowest BCUT2D eigenvalue weighted by atomic mass is 10.1. The Kier molecular flexibility index (Phi) is 6.74. The number of methoxy groups -OCH3 is 1. The molecule has 1 aliphatic rings. The molecule has 0 amide bonds. The Bertz CT molecular complexity index is 451. The first-order chi connectivity index (χ1) is 10.1. The molecule has 1 aromatic carbocycles. The van der Waals surface area contributed by atoms with Crippen molar-refractivity contribution in [2.75, 3.05) is 53.0 Å². The fourth-order valence-corrected chi connectivity index (χ4v) is 2.95. The molecule has 0 bridgehead atoms. The standard InChI is InChI=1S/C15H22Cl2N2O2/c1-21-9-8-18-4-6-19(7-5-18)11-15(20)13-10-12(16)2-3-14(13)17/h2-3,10,15,20H,4-9,11H2,1H3/t15-/m1/s1. The summed E-state index contributed by atoms with van der Waals surface area (Å²) in [6.07, 6.45) is -0.610. The molecule has 6 heteroatoms. The number of ether oxygens (including phenoxy) is 1. The van der Waals surface area contributed by atoms with Gasteiger partial charge in [-0.2, -0.15) is 0 Å². The molecule has 0 aromatic heterocycles. The van der Waals surface area contributed by atoms with E-state index in [1.807, 2.05) is 0 Å². The van der Waals surface area contributed by atoms with Gasteiger partial charge >= 0.3 is 0 Å². The lowest BCUT2D eigenvalue weighted by molar-refractivity contribution is 0.0612. The van der Waals surface area contributed by atoms with Gasteiger partial charge in [-0.1, -0.05) is 23.2 Å². The van der Waals surface area contributed by atoms with Crippen LogP contribution >= 0.6 is 23.2 Å². The van der Waals surface area contributed by atoms with Gasteiger partial charge in [0.2, 0.25) is 0 Å². The smallest absolute Gasteiger partial charge is 0.0931 e. The largest absolute Gasteiger partial charge is 0.387 e. The Morgan fingerprint density at radius 3 is 2.52 bits per heavy atom. The van der Waals surface area contributed by atoms with Gasteiger partial charge < -0.3 is 9.84 Å². The summed E-state index contributed by atoms with van der Waals surface area (Å²) in [6, 6.07) is 5.20. The second-order valence-electron chi connectivity index (χ2n) is 5.32. The summed E-state index contributed by atoms with van der Waals surface area (Å²) in [7, 11) is 1.72. The van der Waals surface area contributed by atoms with Crippen LogP contribution in [0.3, 0.4) is 0 Å². The predicted octanol–water partition coefficient (Wildman–Crippen LogP) is 2.29. The molecule has 1 N–H and O–H groups in total. The maximum atomic E-state index is 10.4. The third-order valence-electron chi connectivity index (χ3n) is 3.82. The van der Waals surface area contributed by atoms with Crippen LogP contribution < -0.4 is 0 Å². The number of piperazine rings is 1. The Morgan fingerprint density at radius 2 is 1.86 bits per heavy atom. The van der Waals surface area contributed by atoms with E-state index in [0.29, 0.717) is 22.2 Å². The summed E-state index contributed by atoms with van der Waals surface area (Å²) in [5, 5.41) is 11.5. The van der Waals surface area contributed by atoms with E-state index < -0.39 is 6.10 Å². The topological polar surface area (TPSA) is 35.9 Å². The molecule has 1 atom stereocenters. The molecule has 1 saturated heterocycles. The molecule has 0 aliphatic carbocycles.